The summed E-state index contributed by atoms with van der Waals surface area (Å²) in [6.45, 7) is 6.60. The average Bonchev–Trinajstić information content (AvgIpc) is 4.07. The summed E-state index contributed by atoms with van der Waals surface area (Å²) < 4.78 is 20.3. The molecule has 0 aliphatic carbocycles. The number of hydrogen-bond acceptors (Lipinski definition) is 14. The Balaban J connectivity index is 1.46. The second kappa shape index (κ2) is 27.4. The Morgan fingerprint density at radius 2 is 1.74 bits per heavy atom. The number of oxime groups is 1. The number of primary amides is 1. The van der Waals surface area contributed by atoms with Gasteiger partial charge in [0.15, 0.2) is 0 Å². The van der Waals surface area contributed by atoms with Gasteiger partial charge in [-0.3, -0.25) is 38.0 Å². The Bertz CT molecular complexity index is 2400. The third-order valence-corrected chi connectivity index (χ3v) is 12.2. The zero-order valence-corrected chi connectivity index (χ0v) is 41.9. The van der Waals surface area contributed by atoms with Crippen molar-refractivity contribution in [2.45, 2.75) is 128 Å². The van der Waals surface area contributed by atoms with Crippen LogP contribution in [0.15, 0.2) is 52.6 Å². The molecule has 6 atom stereocenters. The second-order valence-corrected chi connectivity index (χ2v) is 19.2. The number of phosphoric acid groups is 1. The summed E-state index contributed by atoms with van der Waals surface area (Å²) in [7, 11) is -5.14. The Morgan fingerprint density at radius 1 is 1.03 bits per heavy atom. The molecular formula is C44H62BrN12O12P. The van der Waals surface area contributed by atoms with Crippen LogP contribution in [0, 0.1) is 17.2 Å². The van der Waals surface area contributed by atoms with E-state index >= 15 is 0 Å². The molecule has 4 rings (SSSR count). The monoisotopic (exact) mass is 1060 g/mol. The number of halogens is 1. The van der Waals surface area contributed by atoms with Crippen LogP contribution in [0.3, 0.4) is 0 Å². The van der Waals surface area contributed by atoms with Gasteiger partial charge in [0.25, 0.3) is 0 Å². The molecule has 0 saturated carbocycles. The fourth-order valence-corrected chi connectivity index (χ4v) is 8.61. The third kappa shape index (κ3) is 17.7. The molecule has 0 bridgehead atoms. The van der Waals surface area contributed by atoms with Gasteiger partial charge in [0.2, 0.25) is 35.4 Å². The molecule has 1 aliphatic rings. The van der Waals surface area contributed by atoms with E-state index in [-0.39, 0.29) is 24.7 Å². The Morgan fingerprint density at radius 3 is 2.40 bits per heavy atom. The highest BCUT2D eigenvalue weighted by atomic mass is 79.9. The van der Waals surface area contributed by atoms with Gasteiger partial charge >= 0.3 is 7.82 Å². The average molecular weight is 1060 g/mol. The number of nitriles is 1. The molecule has 3 heterocycles. The van der Waals surface area contributed by atoms with Crippen molar-refractivity contribution in [3.05, 3.63) is 58.7 Å². The number of phosphoric ester groups is 1. The number of imidazole rings is 1. The largest absolute Gasteiger partial charge is 0.469 e. The molecule has 1 aromatic carbocycles. The molecule has 70 heavy (non-hydrogen) atoms. The minimum Gasteiger partial charge on any atom is -0.396 e. The topological polar surface area (TPSA) is 348 Å². The summed E-state index contributed by atoms with van der Waals surface area (Å²) in [6, 6.07) is 2.81. The van der Waals surface area contributed by atoms with Gasteiger partial charge in [-0.2, -0.15) is 10.4 Å². The van der Waals surface area contributed by atoms with E-state index < -0.39 is 80.3 Å². The number of aliphatic hydroxyl groups excluding tert-OH is 1. The van der Waals surface area contributed by atoms with Crippen molar-refractivity contribution < 1.29 is 57.6 Å². The minimum absolute atomic E-state index is 0.117. The van der Waals surface area contributed by atoms with E-state index in [9.17, 15) is 48.2 Å². The van der Waals surface area contributed by atoms with Crippen molar-refractivity contribution in [1.29, 1.82) is 5.26 Å². The molecule has 0 spiro atoms. The number of carbonyl (C=O) groups excluding carboxylic acids is 6. The smallest absolute Gasteiger partial charge is 0.396 e. The normalized spacial score (nSPS) is 15.9. The molecule has 0 unspecified atom stereocenters. The summed E-state index contributed by atoms with van der Waals surface area (Å²) in [4.78, 5) is 109. The lowest BCUT2D eigenvalue weighted by Crippen LogP contribution is -2.61. The van der Waals surface area contributed by atoms with Gasteiger partial charge in [-0.05, 0) is 63.5 Å². The van der Waals surface area contributed by atoms with Crippen LogP contribution < -0.4 is 27.0 Å². The van der Waals surface area contributed by atoms with Crippen LogP contribution in [0.2, 0.25) is 0 Å². The van der Waals surface area contributed by atoms with Gasteiger partial charge in [-0.1, -0.05) is 47.1 Å². The van der Waals surface area contributed by atoms with Crippen LogP contribution >= 0.6 is 23.8 Å². The minimum atomic E-state index is -5.14. The molecule has 3 aromatic rings. The first-order chi connectivity index (χ1) is 33.2. The number of carbonyl (C=O) groups is 6. The van der Waals surface area contributed by atoms with Gasteiger partial charge in [-0.15, -0.1) is 0 Å². The molecule has 24 nitrogen and oxygen atoms in total. The van der Waals surface area contributed by atoms with Crippen LogP contribution in [-0.4, -0.2) is 137 Å². The van der Waals surface area contributed by atoms with Gasteiger partial charge in [-0.25, -0.2) is 9.55 Å². The number of aryl methyl sites for hydroxylation is 2. The SMILES string of the molecule is CC(=O)N1CCC[C@H]1C(=O)N[C@@H](CC(C)C)C(=O)N[C@@H](Cc1cncn1CCCCCO/N=C/c1cn(CCC#N)nc1-c1cccc(Br)c1)C(=O)N[C@@H](CO)C(=O)N[C@H](C(N)=O)[C@@H](C)OP(=O)(O)O. The lowest BCUT2D eigenvalue weighted by molar-refractivity contribution is -0.139. The highest BCUT2D eigenvalue weighted by molar-refractivity contribution is 9.10. The standard InChI is InChI=1S/C44H62BrN12O12P/c1-27(2)19-34(51-44(64)37-13-9-17-57(37)29(4)59)41(61)50-35(42(62)52-36(25-58)43(63)53-38(40(47)60)28(3)69-70(65,66)67)21-33-23-48-26-55(33)15-6-5-7-18-68-49-22-31-24-56(16-10-14-46)54-39(31)30-11-8-12-32(45)20-30/h8,11-12,20,22-24,26-28,34-38,58H,5-7,9-10,13,15-19,21,25H2,1-4H3,(H2,47,60)(H,50,61)(H,51,64)(H,52,62)(H,53,63)(H2,65,66,67)/b49-22+/t28-,34+,35+,36+,37+,38+/m1/s1. The van der Waals surface area contributed by atoms with E-state index in [1.54, 1.807) is 28.0 Å². The molecule has 2 aromatic heterocycles. The number of amides is 6. The first-order valence-electron chi connectivity index (χ1n) is 22.7. The molecule has 1 fully saturated rings. The fourth-order valence-electron chi connectivity index (χ4n) is 7.66. The predicted octanol–water partition coefficient (Wildman–Crippen LogP) is 1.16. The Labute approximate surface area is 413 Å². The van der Waals surface area contributed by atoms with Crippen molar-refractivity contribution in [3.63, 3.8) is 0 Å². The van der Waals surface area contributed by atoms with Crippen LogP contribution in [0.4, 0.5) is 0 Å². The lowest BCUT2D eigenvalue weighted by atomic mass is 10.0. The molecule has 1 aliphatic heterocycles. The molecule has 9 N–H and O–H groups in total. The molecular weight excluding hydrogens is 999 g/mol. The van der Waals surface area contributed by atoms with Crippen LogP contribution in [0.25, 0.3) is 11.3 Å². The summed E-state index contributed by atoms with van der Waals surface area (Å²) in [5.74, 6) is -5.06. The Hall–Kier alpha value is -6.03. The van der Waals surface area contributed by atoms with E-state index in [1.807, 2.05) is 38.1 Å². The molecule has 6 amide bonds. The van der Waals surface area contributed by atoms with Gasteiger partial charge < -0.3 is 56.2 Å². The van der Waals surface area contributed by atoms with Crippen LogP contribution in [0.5, 0.6) is 0 Å². The predicted molar refractivity (Wildman–Crippen MR) is 255 cm³/mol. The highest BCUT2D eigenvalue weighted by Gasteiger charge is 2.37. The third-order valence-electron chi connectivity index (χ3n) is 11.1. The van der Waals surface area contributed by atoms with E-state index in [0.29, 0.717) is 81.7 Å². The summed E-state index contributed by atoms with van der Waals surface area (Å²) in [6.07, 6.45) is 7.99. The maximum Gasteiger partial charge on any atom is 0.469 e. The summed E-state index contributed by atoms with van der Waals surface area (Å²) in [5.41, 5.74) is 8.11. The van der Waals surface area contributed by atoms with Crippen molar-refractivity contribution in [2.75, 3.05) is 19.8 Å². The number of unbranched alkanes of at least 4 members (excludes halogenated alkanes) is 2. The quantitative estimate of drug-likeness (QED) is 0.0219. The lowest BCUT2D eigenvalue weighted by Gasteiger charge is -2.28. The molecule has 0 radical (unpaired) electrons. The second-order valence-electron chi connectivity index (χ2n) is 17.1. The number of rotatable bonds is 28. The molecule has 26 heteroatoms. The highest BCUT2D eigenvalue weighted by Crippen LogP contribution is 2.38. The zero-order chi connectivity index (χ0) is 51.5. The Kier molecular flexibility index (Phi) is 22.1. The number of aliphatic hydroxyl groups is 1. The molecule has 1 saturated heterocycles. The maximum absolute atomic E-state index is 14.1. The van der Waals surface area contributed by atoms with Crippen molar-refractivity contribution in [1.82, 2.24) is 45.5 Å². The summed E-state index contributed by atoms with van der Waals surface area (Å²) in [5, 5.41) is 38.0. The van der Waals surface area contributed by atoms with Gasteiger partial charge in [0.05, 0.1) is 44.3 Å². The van der Waals surface area contributed by atoms with E-state index in [1.165, 1.54) is 18.0 Å². The number of aromatic nitrogens is 4. The first-order valence-corrected chi connectivity index (χ1v) is 25.0. The number of nitrogens with two attached hydrogens (primary N) is 1. The van der Waals surface area contributed by atoms with Crippen molar-refractivity contribution in [2.24, 2.45) is 16.8 Å². The molecule has 382 valence electrons. The van der Waals surface area contributed by atoms with Crippen molar-refractivity contribution in [3.8, 4) is 17.3 Å². The number of benzene rings is 1. The van der Waals surface area contributed by atoms with Crippen molar-refractivity contribution >= 4 is 65.4 Å². The summed E-state index contributed by atoms with van der Waals surface area (Å²) >= 11 is 3.49. The van der Waals surface area contributed by atoms with Crippen LogP contribution in [-0.2, 0) is 62.2 Å². The van der Waals surface area contributed by atoms with Crippen LogP contribution in [0.1, 0.15) is 83.9 Å². The van der Waals surface area contributed by atoms with E-state index in [0.717, 1.165) is 17.0 Å². The number of nitrogens with one attached hydrogen (secondary N) is 4. The maximum atomic E-state index is 14.1. The zero-order valence-electron chi connectivity index (χ0n) is 39.4. The van der Waals surface area contributed by atoms with E-state index in [4.69, 9.17) is 15.8 Å². The number of likely N-dealkylation sites (tertiary alicyclic amines) is 1. The number of hydrogen-bond donors (Lipinski definition) is 8. The van der Waals surface area contributed by atoms with Gasteiger partial charge in [0.1, 0.15) is 42.5 Å². The first kappa shape index (κ1) is 56.6. The fraction of sp³-hybridized carbons (Fsp3) is 0.545. The number of nitrogens with zero attached hydrogens (tertiary/aromatic N) is 7. The van der Waals surface area contributed by atoms with Gasteiger partial charge in [0, 0.05) is 60.1 Å². The van der Waals surface area contributed by atoms with E-state index in [2.05, 4.69) is 63.0 Å².